The van der Waals surface area contributed by atoms with Crippen LogP contribution in [0, 0.1) is 11.6 Å². The Morgan fingerprint density at radius 1 is 1.09 bits per heavy atom. The third kappa shape index (κ3) is 4.53. The third-order valence-corrected chi connectivity index (χ3v) is 3.06. The van der Waals surface area contributed by atoms with Crippen LogP contribution in [0.15, 0.2) is 48.5 Å². The summed E-state index contributed by atoms with van der Waals surface area (Å²) in [5.41, 5.74) is 0.734. The van der Waals surface area contributed by atoms with E-state index in [1.165, 1.54) is 30.3 Å². The molecule has 0 heterocycles. The molecule has 0 aromatic heterocycles. The van der Waals surface area contributed by atoms with Crippen LogP contribution in [-0.2, 0) is 6.54 Å². The van der Waals surface area contributed by atoms with E-state index in [1.54, 1.807) is 18.2 Å². The summed E-state index contributed by atoms with van der Waals surface area (Å²) in [5.74, 6) is -0.911. The number of urea groups is 1. The number of nitrogens with one attached hydrogen (secondary N) is 2. The standard InChI is InChI=1S/C16H16F2N2O2/c17-12-5-3-4-11(8-12)9-19-16(22)20-10-15(21)13-6-1-2-7-14(13)18/h1-8,15,21H,9-10H2,(H2,19,20,22). The average molecular weight is 306 g/mol. The number of carbonyl (C=O) groups excluding carboxylic acids is 1. The number of hydrogen-bond donors (Lipinski definition) is 3. The molecule has 0 aliphatic rings. The van der Waals surface area contributed by atoms with Gasteiger partial charge in [-0.25, -0.2) is 13.6 Å². The quantitative estimate of drug-likeness (QED) is 0.795. The van der Waals surface area contributed by atoms with E-state index in [1.807, 2.05) is 0 Å². The minimum absolute atomic E-state index is 0.118. The van der Waals surface area contributed by atoms with Gasteiger partial charge >= 0.3 is 6.03 Å². The van der Waals surface area contributed by atoms with Gasteiger partial charge < -0.3 is 15.7 Å². The normalized spacial score (nSPS) is 11.8. The number of carbonyl (C=O) groups is 1. The van der Waals surface area contributed by atoms with Crippen molar-refractivity contribution in [2.24, 2.45) is 0 Å². The largest absolute Gasteiger partial charge is 0.386 e. The molecule has 2 rings (SSSR count). The highest BCUT2D eigenvalue weighted by Crippen LogP contribution is 2.15. The minimum Gasteiger partial charge on any atom is -0.386 e. The molecule has 0 spiro atoms. The zero-order valence-electron chi connectivity index (χ0n) is 11.7. The van der Waals surface area contributed by atoms with Gasteiger partial charge in [0.15, 0.2) is 0 Å². The van der Waals surface area contributed by atoms with Gasteiger partial charge in [0.05, 0.1) is 6.10 Å². The molecule has 2 aromatic rings. The van der Waals surface area contributed by atoms with Gasteiger partial charge in [-0.1, -0.05) is 30.3 Å². The summed E-state index contributed by atoms with van der Waals surface area (Å²) >= 11 is 0. The molecule has 1 atom stereocenters. The van der Waals surface area contributed by atoms with Crippen molar-refractivity contribution in [3.05, 3.63) is 71.3 Å². The van der Waals surface area contributed by atoms with Crippen molar-refractivity contribution in [3.63, 3.8) is 0 Å². The summed E-state index contributed by atoms with van der Waals surface area (Å²) in [6.45, 7) is 0.0231. The molecule has 22 heavy (non-hydrogen) atoms. The van der Waals surface area contributed by atoms with Gasteiger partial charge in [0.1, 0.15) is 11.6 Å². The first-order valence-electron chi connectivity index (χ1n) is 6.75. The van der Waals surface area contributed by atoms with Gasteiger partial charge in [-0.15, -0.1) is 0 Å². The Kier molecular flexibility index (Phi) is 5.43. The summed E-state index contributed by atoms with van der Waals surface area (Å²) in [6.07, 6.45) is -1.14. The van der Waals surface area contributed by atoms with Gasteiger partial charge in [0.25, 0.3) is 0 Å². The Bertz CT molecular complexity index is 650. The molecule has 2 amide bonds. The van der Waals surface area contributed by atoms with Gasteiger partial charge in [-0.3, -0.25) is 0 Å². The number of halogens is 2. The lowest BCUT2D eigenvalue weighted by molar-refractivity contribution is 0.169. The van der Waals surface area contributed by atoms with E-state index >= 15 is 0 Å². The van der Waals surface area contributed by atoms with E-state index in [0.717, 1.165) is 0 Å². The number of hydrogen-bond acceptors (Lipinski definition) is 2. The van der Waals surface area contributed by atoms with Crippen molar-refractivity contribution >= 4 is 6.03 Å². The van der Waals surface area contributed by atoms with Crippen LogP contribution >= 0.6 is 0 Å². The summed E-state index contributed by atoms with van der Waals surface area (Å²) in [7, 11) is 0. The van der Waals surface area contributed by atoms with E-state index in [-0.39, 0.29) is 24.5 Å². The summed E-state index contributed by atoms with van der Waals surface area (Å²) < 4.78 is 26.4. The Morgan fingerprint density at radius 3 is 2.59 bits per heavy atom. The van der Waals surface area contributed by atoms with Gasteiger partial charge in [0, 0.05) is 18.7 Å². The van der Waals surface area contributed by atoms with Crippen LogP contribution in [-0.4, -0.2) is 17.7 Å². The zero-order chi connectivity index (χ0) is 15.9. The van der Waals surface area contributed by atoms with E-state index in [9.17, 15) is 18.7 Å². The lowest BCUT2D eigenvalue weighted by Crippen LogP contribution is -2.37. The molecular weight excluding hydrogens is 290 g/mol. The molecule has 4 nitrogen and oxygen atoms in total. The first kappa shape index (κ1) is 15.9. The van der Waals surface area contributed by atoms with E-state index in [2.05, 4.69) is 10.6 Å². The average Bonchev–Trinajstić information content (AvgIpc) is 2.51. The second-order valence-corrected chi connectivity index (χ2v) is 4.73. The van der Waals surface area contributed by atoms with Crippen molar-refractivity contribution in [1.29, 1.82) is 0 Å². The van der Waals surface area contributed by atoms with Crippen LogP contribution in [0.25, 0.3) is 0 Å². The maximum Gasteiger partial charge on any atom is 0.315 e. The van der Waals surface area contributed by atoms with Gasteiger partial charge in [-0.2, -0.15) is 0 Å². The molecule has 116 valence electrons. The Labute approximate surface area is 126 Å². The minimum atomic E-state index is -1.14. The van der Waals surface area contributed by atoms with Crippen LogP contribution in [0.4, 0.5) is 13.6 Å². The first-order valence-corrected chi connectivity index (χ1v) is 6.75. The van der Waals surface area contributed by atoms with E-state index in [0.29, 0.717) is 5.56 Å². The molecular formula is C16H16F2N2O2. The van der Waals surface area contributed by atoms with Crippen molar-refractivity contribution in [3.8, 4) is 0 Å². The first-order chi connectivity index (χ1) is 10.6. The smallest absolute Gasteiger partial charge is 0.315 e. The fourth-order valence-corrected chi connectivity index (χ4v) is 1.94. The molecule has 0 fully saturated rings. The highest BCUT2D eigenvalue weighted by molar-refractivity contribution is 5.73. The second kappa shape index (κ2) is 7.51. The van der Waals surface area contributed by atoms with Gasteiger partial charge in [-0.05, 0) is 23.8 Å². The third-order valence-electron chi connectivity index (χ3n) is 3.06. The van der Waals surface area contributed by atoms with E-state index < -0.39 is 18.0 Å². The van der Waals surface area contributed by atoms with Crippen LogP contribution in [0.1, 0.15) is 17.2 Å². The summed E-state index contributed by atoms with van der Waals surface area (Å²) in [6, 6.07) is 11.1. The van der Waals surface area contributed by atoms with Crippen molar-refractivity contribution in [2.45, 2.75) is 12.6 Å². The summed E-state index contributed by atoms with van der Waals surface area (Å²) in [4.78, 5) is 11.6. The molecule has 0 radical (unpaired) electrons. The fourth-order valence-electron chi connectivity index (χ4n) is 1.94. The zero-order valence-corrected chi connectivity index (χ0v) is 11.7. The van der Waals surface area contributed by atoms with Crippen molar-refractivity contribution in [2.75, 3.05) is 6.54 Å². The van der Waals surface area contributed by atoms with Crippen molar-refractivity contribution < 1.29 is 18.7 Å². The molecule has 0 saturated carbocycles. The molecule has 0 bridgehead atoms. The van der Waals surface area contributed by atoms with Crippen LogP contribution in [0.3, 0.4) is 0 Å². The molecule has 0 aliphatic carbocycles. The Morgan fingerprint density at radius 2 is 1.86 bits per heavy atom. The van der Waals surface area contributed by atoms with Gasteiger partial charge in [0.2, 0.25) is 0 Å². The highest BCUT2D eigenvalue weighted by Gasteiger charge is 2.13. The molecule has 1 unspecified atom stereocenters. The fraction of sp³-hybridized carbons (Fsp3) is 0.188. The lowest BCUT2D eigenvalue weighted by Gasteiger charge is -2.13. The molecule has 6 heteroatoms. The number of rotatable bonds is 5. The summed E-state index contributed by atoms with van der Waals surface area (Å²) in [5, 5.41) is 14.8. The van der Waals surface area contributed by atoms with Crippen LogP contribution in [0.2, 0.25) is 0 Å². The monoisotopic (exact) mass is 306 g/mol. The molecule has 3 N–H and O–H groups in total. The van der Waals surface area contributed by atoms with Crippen molar-refractivity contribution in [1.82, 2.24) is 10.6 Å². The maximum absolute atomic E-state index is 13.4. The number of amides is 2. The molecule has 0 aliphatic heterocycles. The molecule has 0 saturated heterocycles. The number of aliphatic hydroxyl groups is 1. The Balaban J connectivity index is 1.79. The highest BCUT2D eigenvalue weighted by atomic mass is 19.1. The van der Waals surface area contributed by atoms with Crippen LogP contribution < -0.4 is 10.6 Å². The number of benzene rings is 2. The lowest BCUT2D eigenvalue weighted by atomic mass is 10.1. The maximum atomic E-state index is 13.4. The Hall–Kier alpha value is -2.47. The number of aliphatic hydroxyl groups excluding tert-OH is 1. The second-order valence-electron chi connectivity index (χ2n) is 4.73. The topological polar surface area (TPSA) is 61.4 Å². The predicted molar refractivity (Wildman–Crippen MR) is 78.0 cm³/mol. The van der Waals surface area contributed by atoms with E-state index in [4.69, 9.17) is 0 Å². The SMILES string of the molecule is O=C(NCc1cccc(F)c1)NCC(O)c1ccccc1F. The predicted octanol–water partition coefficient (Wildman–Crippen LogP) is 2.50. The molecule has 2 aromatic carbocycles. The van der Waals surface area contributed by atoms with Crippen LogP contribution in [0.5, 0.6) is 0 Å².